The number of hydrogen-bond donors (Lipinski definition) is 1. The number of rotatable bonds is 4. The number of hydrogen-bond acceptors (Lipinski definition) is 4. The summed E-state index contributed by atoms with van der Waals surface area (Å²) in [6.45, 7) is 9.24. The number of fused-ring (bicyclic) bond motifs is 2. The molecule has 1 aromatic carbocycles. The predicted octanol–water partition coefficient (Wildman–Crippen LogP) is 3.66. The SMILES string of the molecule is C=CNC(=O)CCc1c(C)c2cc3c(C)c(C)oc3cc2oc1=O. The highest BCUT2D eigenvalue weighted by Crippen LogP contribution is 2.31. The van der Waals surface area contributed by atoms with E-state index >= 15 is 0 Å². The lowest BCUT2D eigenvalue weighted by Crippen LogP contribution is -2.19. The maximum absolute atomic E-state index is 12.3. The van der Waals surface area contributed by atoms with Crippen molar-refractivity contribution in [2.45, 2.75) is 33.6 Å². The Morgan fingerprint density at radius 2 is 1.79 bits per heavy atom. The molecule has 3 rings (SSSR count). The van der Waals surface area contributed by atoms with E-state index in [-0.39, 0.29) is 12.3 Å². The zero-order valence-electron chi connectivity index (χ0n) is 14.0. The fourth-order valence-corrected chi connectivity index (χ4v) is 2.94. The van der Waals surface area contributed by atoms with Gasteiger partial charge in [-0.15, -0.1) is 0 Å². The largest absolute Gasteiger partial charge is 0.461 e. The van der Waals surface area contributed by atoms with E-state index in [1.807, 2.05) is 26.8 Å². The summed E-state index contributed by atoms with van der Waals surface area (Å²) in [7, 11) is 0. The van der Waals surface area contributed by atoms with Gasteiger partial charge in [-0.3, -0.25) is 4.79 Å². The van der Waals surface area contributed by atoms with E-state index in [4.69, 9.17) is 8.83 Å². The maximum atomic E-state index is 12.3. The average Bonchev–Trinajstić information content (AvgIpc) is 2.80. The van der Waals surface area contributed by atoms with E-state index in [1.54, 1.807) is 6.07 Å². The molecule has 0 saturated carbocycles. The Labute approximate surface area is 138 Å². The molecule has 0 aliphatic heterocycles. The fraction of sp³-hybridized carbons (Fsp3) is 0.263. The zero-order valence-corrected chi connectivity index (χ0v) is 14.0. The first-order valence-electron chi connectivity index (χ1n) is 7.78. The monoisotopic (exact) mass is 325 g/mol. The number of aryl methyl sites for hydroxylation is 3. The molecule has 0 saturated heterocycles. The molecule has 2 aromatic heterocycles. The molecule has 2 heterocycles. The first-order valence-corrected chi connectivity index (χ1v) is 7.78. The van der Waals surface area contributed by atoms with Crippen LogP contribution in [0.4, 0.5) is 0 Å². The molecule has 0 aliphatic rings. The number of amides is 1. The van der Waals surface area contributed by atoms with Crippen molar-refractivity contribution in [1.82, 2.24) is 5.32 Å². The molecule has 0 bridgehead atoms. The fourth-order valence-electron chi connectivity index (χ4n) is 2.94. The topological polar surface area (TPSA) is 72.5 Å². The normalized spacial score (nSPS) is 11.1. The second-order valence-corrected chi connectivity index (χ2v) is 5.89. The summed E-state index contributed by atoms with van der Waals surface area (Å²) in [5.74, 6) is 0.669. The minimum Gasteiger partial charge on any atom is -0.461 e. The number of carbonyl (C=O) groups excluding carboxylic acids is 1. The van der Waals surface area contributed by atoms with Crippen molar-refractivity contribution >= 4 is 27.8 Å². The van der Waals surface area contributed by atoms with Crippen molar-refractivity contribution in [3.63, 3.8) is 0 Å². The molecular formula is C19H19NO4. The number of carbonyl (C=O) groups is 1. The van der Waals surface area contributed by atoms with Crippen molar-refractivity contribution in [1.29, 1.82) is 0 Å². The van der Waals surface area contributed by atoms with Crippen molar-refractivity contribution < 1.29 is 13.6 Å². The van der Waals surface area contributed by atoms with Gasteiger partial charge in [0, 0.05) is 28.8 Å². The van der Waals surface area contributed by atoms with Gasteiger partial charge in [-0.25, -0.2) is 4.79 Å². The molecule has 5 nitrogen and oxygen atoms in total. The van der Waals surface area contributed by atoms with Crippen LogP contribution < -0.4 is 10.9 Å². The molecular weight excluding hydrogens is 306 g/mol. The summed E-state index contributed by atoms with van der Waals surface area (Å²) in [5, 5.41) is 4.38. The van der Waals surface area contributed by atoms with Gasteiger partial charge in [-0.05, 0) is 50.6 Å². The summed E-state index contributed by atoms with van der Waals surface area (Å²) in [6.07, 6.45) is 1.86. The third-order valence-electron chi connectivity index (χ3n) is 4.45. The zero-order chi connectivity index (χ0) is 17.4. The molecule has 0 unspecified atom stereocenters. The Hall–Kier alpha value is -2.82. The first-order chi connectivity index (χ1) is 11.4. The molecule has 0 fully saturated rings. The van der Waals surface area contributed by atoms with Crippen LogP contribution in [0.3, 0.4) is 0 Å². The van der Waals surface area contributed by atoms with E-state index in [2.05, 4.69) is 11.9 Å². The van der Waals surface area contributed by atoms with Gasteiger partial charge in [0.2, 0.25) is 5.91 Å². The molecule has 124 valence electrons. The smallest absolute Gasteiger partial charge is 0.339 e. The second-order valence-electron chi connectivity index (χ2n) is 5.89. The highest BCUT2D eigenvalue weighted by atomic mass is 16.4. The lowest BCUT2D eigenvalue weighted by atomic mass is 10.0. The number of benzene rings is 1. The van der Waals surface area contributed by atoms with Crippen molar-refractivity contribution in [2.24, 2.45) is 0 Å². The number of nitrogens with one attached hydrogen (secondary N) is 1. The Kier molecular flexibility index (Phi) is 4.01. The molecule has 5 heteroatoms. The molecule has 3 aromatic rings. The Morgan fingerprint density at radius 3 is 2.50 bits per heavy atom. The van der Waals surface area contributed by atoms with Crippen LogP contribution in [0.25, 0.3) is 21.9 Å². The molecule has 0 aliphatic carbocycles. The van der Waals surface area contributed by atoms with Gasteiger partial charge >= 0.3 is 5.63 Å². The van der Waals surface area contributed by atoms with Crippen molar-refractivity contribution in [3.8, 4) is 0 Å². The van der Waals surface area contributed by atoms with E-state index in [9.17, 15) is 9.59 Å². The van der Waals surface area contributed by atoms with Crippen LogP contribution in [0.15, 0.2) is 38.5 Å². The molecule has 0 radical (unpaired) electrons. The Bertz CT molecular complexity index is 1020. The molecule has 0 atom stereocenters. The minimum absolute atomic E-state index is 0.180. The Morgan fingerprint density at radius 1 is 1.12 bits per heavy atom. The van der Waals surface area contributed by atoms with Gasteiger partial charge < -0.3 is 14.2 Å². The number of furan rings is 1. The summed E-state index contributed by atoms with van der Waals surface area (Å²) in [5.41, 5.74) is 3.23. The van der Waals surface area contributed by atoms with Gasteiger partial charge in [-0.1, -0.05) is 6.58 Å². The van der Waals surface area contributed by atoms with Gasteiger partial charge in [0.15, 0.2) is 0 Å². The van der Waals surface area contributed by atoms with Crippen LogP contribution in [-0.2, 0) is 11.2 Å². The quantitative estimate of drug-likeness (QED) is 0.743. The van der Waals surface area contributed by atoms with Gasteiger partial charge in [0.1, 0.15) is 16.9 Å². The summed E-state index contributed by atoms with van der Waals surface area (Å²) < 4.78 is 11.2. The van der Waals surface area contributed by atoms with Crippen LogP contribution >= 0.6 is 0 Å². The van der Waals surface area contributed by atoms with Crippen LogP contribution in [0.5, 0.6) is 0 Å². The van der Waals surface area contributed by atoms with Gasteiger partial charge in [0.25, 0.3) is 0 Å². The van der Waals surface area contributed by atoms with Crippen LogP contribution in [0.2, 0.25) is 0 Å². The third-order valence-corrected chi connectivity index (χ3v) is 4.45. The van der Waals surface area contributed by atoms with Gasteiger partial charge in [0.05, 0.1) is 0 Å². The lowest BCUT2D eigenvalue weighted by molar-refractivity contribution is -0.120. The molecule has 24 heavy (non-hydrogen) atoms. The van der Waals surface area contributed by atoms with E-state index in [0.717, 1.165) is 27.7 Å². The van der Waals surface area contributed by atoms with E-state index < -0.39 is 5.63 Å². The van der Waals surface area contributed by atoms with E-state index in [1.165, 1.54) is 6.20 Å². The summed E-state index contributed by atoms with van der Waals surface area (Å²) >= 11 is 0. The summed E-state index contributed by atoms with van der Waals surface area (Å²) in [6, 6.07) is 3.75. The predicted molar refractivity (Wildman–Crippen MR) is 93.1 cm³/mol. The van der Waals surface area contributed by atoms with Crippen LogP contribution in [-0.4, -0.2) is 5.91 Å². The second kappa shape index (κ2) is 6.00. The Balaban J connectivity index is 2.12. The van der Waals surface area contributed by atoms with Crippen LogP contribution in [0.1, 0.15) is 28.9 Å². The van der Waals surface area contributed by atoms with E-state index in [0.29, 0.717) is 23.2 Å². The molecule has 1 amide bonds. The third kappa shape index (κ3) is 2.62. The van der Waals surface area contributed by atoms with Crippen LogP contribution in [0, 0.1) is 20.8 Å². The summed E-state index contributed by atoms with van der Waals surface area (Å²) in [4.78, 5) is 23.9. The minimum atomic E-state index is -0.411. The standard InChI is InChI=1S/C19H19NO4/c1-5-20-18(21)7-6-13-11(3)15-8-14-10(2)12(4)23-16(14)9-17(15)24-19(13)22/h5,8-9H,1,6-7H2,2-4H3,(H,20,21). The average molecular weight is 325 g/mol. The molecule has 0 spiro atoms. The lowest BCUT2D eigenvalue weighted by Gasteiger charge is -2.07. The highest BCUT2D eigenvalue weighted by Gasteiger charge is 2.16. The highest BCUT2D eigenvalue weighted by molar-refractivity contribution is 5.96. The van der Waals surface area contributed by atoms with Gasteiger partial charge in [-0.2, -0.15) is 0 Å². The van der Waals surface area contributed by atoms with Crippen molar-refractivity contribution in [2.75, 3.05) is 0 Å². The van der Waals surface area contributed by atoms with Crippen molar-refractivity contribution in [3.05, 3.63) is 57.8 Å². The molecule has 1 N–H and O–H groups in total. The first kappa shape index (κ1) is 16.1. The maximum Gasteiger partial charge on any atom is 0.339 e.